The lowest BCUT2D eigenvalue weighted by atomic mass is 9.82. The SMILES string of the molecule is CC1(C)c2ccc(N(c3ccc(-c4ccc(-c5ccccc5)cc4)cc3)c3ccc4c(c3)oc3ccccc34)cc2-c2c(-c3ccccc3)cccc21. The van der Waals surface area contributed by atoms with Gasteiger partial charge in [-0.2, -0.15) is 0 Å². The van der Waals surface area contributed by atoms with E-state index in [-0.39, 0.29) is 5.41 Å². The molecule has 0 saturated carbocycles. The predicted octanol–water partition coefficient (Wildman–Crippen LogP) is 14.4. The first-order valence-corrected chi connectivity index (χ1v) is 18.3. The van der Waals surface area contributed by atoms with E-state index in [0.29, 0.717) is 0 Å². The summed E-state index contributed by atoms with van der Waals surface area (Å²) in [7, 11) is 0. The summed E-state index contributed by atoms with van der Waals surface area (Å²) in [6.45, 7) is 4.70. The van der Waals surface area contributed by atoms with Crippen molar-refractivity contribution in [2.45, 2.75) is 19.3 Å². The number of rotatable bonds is 6. The topological polar surface area (TPSA) is 16.4 Å². The third-order valence-corrected chi connectivity index (χ3v) is 11.1. The van der Waals surface area contributed by atoms with Crippen LogP contribution in [0.25, 0.3) is 66.4 Å². The molecule has 10 rings (SSSR count). The fourth-order valence-electron chi connectivity index (χ4n) is 8.38. The number of hydrogen-bond acceptors (Lipinski definition) is 2. The van der Waals surface area contributed by atoms with Crippen molar-refractivity contribution in [1.29, 1.82) is 0 Å². The number of furan rings is 1. The van der Waals surface area contributed by atoms with Crippen LogP contribution in [-0.2, 0) is 5.41 Å². The Bertz CT molecular complexity index is 2780. The van der Waals surface area contributed by atoms with Crippen LogP contribution in [0.3, 0.4) is 0 Å². The van der Waals surface area contributed by atoms with Gasteiger partial charge < -0.3 is 9.32 Å². The molecule has 9 aromatic rings. The molecule has 0 bridgehead atoms. The minimum Gasteiger partial charge on any atom is -0.456 e. The van der Waals surface area contributed by atoms with E-state index in [1.54, 1.807) is 0 Å². The second-order valence-electron chi connectivity index (χ2n) is 14.6. The number of benzene rings is 8. The first kappa shape index (κ1) is 31.1. The third-order valence-electron chi connectivity index (χ3n) is 11.1. The first-order valence-electron chi connectivity index (χ1n) is 18.3. The smallest absolute Gasteiger partial charge is 0.137 e. The molecule has 252 valence electrons. The van der Waals surface area contributed by atoms with E-state index in [0.717, 1.165) is 39.0 Å². The highest BCUT2D eigenvalue weighted by molar-refractivity contribution is 6.06. The molecule has 1 heterocycles. The van der Waals surface area contributed by atoms with Crippen LogP contribution >= 0.6 is 0 Å². The summed E-state index contributed by atoms with van der Waals surface area (Å²) >= 11 is 0. The second kappa shape index (κ2) is 12.3. The number of anilines is 3. The molecule has 53 heavy (non-hydrogen) atoms. The van der Waals surface area contributed by atoms with Gasteiger partial charge in [0.1, 0.15) is 11.2 Å². The summed E-state index contributed by atoms with van der Waals surface area (Å²) in [5.41, 5.74) is 17.5. The van der Waals surface area contributed by atoms with Crippen LogP contribution in [0.15, 0.2) is 192 Å². The molecular weight excluding hydrogens is 643 g/mol. The molecule has 0 radical (unpaired) electrons. The van der Waals surface area contributed by atoms with Crippen molar-refractivity contribution in [3.63, 3.8) is 0 Å². The van der Waals surface area contributed by atoms with E-state index in [1.807, 2.05) is 12.1 Å². The fraction of sp³-hybridized carbons (Fsp3) is 0.0588. The highest BCUT2D eigenvalue weighted by atomic mass is 16.3. The zero-order valence-corrected chi connectivity index (χ0v) is 29.8. The average Bonchev–Trinajstić information content (AvgIpc) is 3.70. The predicted molar refractivity (Wildman–Crippen MR) is 222 cm³/mol. The minimum absolute atomic E-state index is 0.121. The molecule has 0 fully saturated rings. The molecule has 0 unspecified atom stereocenters. The Morgan fingerprint density at radius 3 is 1.64 bits per heavy atom. The van der Waals surface area contributed by atoms with Gasteiger partial charge in [-0.3, -0.25) is 0 Å². The van der Waals surface area contributed by atoms with Gasteiger partial charge in [0, 0.05) is 39.3 Å². The molecule has 2 heteroatoms. The molecule has 1 aliphatic rings. The number of hydrogen-bond donors (Lipinski definition) is 0. The molecule has 8 aromatic carbocycles. The Labute approximate surface area is 310 Å². The number of para-hydroxylation sites is 1. The summed E-state index contributed by atoms with van der Waals surface area (Å²) in [5.74, 6) is 0. The van der Waals surface area contributed by atoms with Gasteiger partial charge in [-0.1, -0.05) is 153 Å². The quantitative estimate of drug-likeness (QED) is 0.174. The number of fused-ring (bicyclic) bond motifs is 6. The monoisotopic (exact) mass is 679 g/mol. The molecule has 0 aliphatic heterocycles. The van der Waals surface area contributed by atoms with Crippen molar-refractivity contribution in [3.8, 4) is 44.5 Å². The van der Waals surface area contributed by atoms with E-state index < -0.39 is 0 Å². The third kappa shape index (κ3) is 5.18. The highest BCUT2D eigenvalue weighted by Crippen LogP contribution is 2.53. The van der Waals surface area contributed by atoms with Crippen molar-refractivity contribution in [2.24, 2.45) is 0 Å². The Morgan fingerprint density at radius 2 is 0.925 bits per heavy atom. The molecular formula is C51H37NO. The molecule has 0 amide bonds. The van der Waals surface area contributed by atoms with Crippen molar-refractivity contribution in [2.75, 3.05) is 4.90 Å². The van der Waals surface area contributed by atoms with Crippen LogP contribution in [0.4, 0.5) is 17.1 Å². The highest BCUT2D eigenvalue weighted by Gasteiger charge is 2.37. The van der Waals surface area contributed by atoms with Gasteiger partial charge in [0.05, 0.1) is 0 Å². The maximum absolute atomic E-state index is 6.42. The molecule has 0 N–H and O–H groups in total. The normalized spacial score (nSPS) is 12.9. The van der Waals surface area contributed by atoms with Gasteiger partial charge in [0.15, 0.2) is 0 Å². The van der Waals surface area contributed by atoms with Crippen LogP contribution in [0.2, 0.25) is 0 Å². The van der Waals surface area contributed by atoms with Gasteiger partial charge in [0.2, 0.25) is 0 Å². The van der Waals surface area contributed by atoms with Gasteiger partial charge in [-0.25, -0.2) is 0 Å². The first-order chi connectivity index (χ1) is 26.0. The van der Waals surface area contributed by atoms with Crippen LogP contribution in [0, 0.1) is 0 Å². The van der Waals surface area contributed by atoms with Gasteiger partial charge in [-0.15, -0.1) is 0 Å². The molecule has 0 spiro atoms. The largest absolute Gasteiger partial charge is 0.456 e. The zero-order valence-electron chi connectivity index (χ0n) is 29.8. The van der Waals surface area contributed by atoms with Crippen molar-refractivity contribution >= 4 is 39.0 Å². The van der Waals surface area contributed by atoms with E-state index >= 15 is 0 Å². The van der Waals surface area contributed by atoms with Crippen molar-refractivity contribution < 1.29 is 4.42 Å². The lowest BCUT2D eigenvalue weighted by Gasteiger charge is -2.27. The Hall–Kier alpha value is -6.64. The summed E-state index contributed by atoms with van der Waals surface area (Å²) in [5, 5.41) is 2.25. The Morgan fingerprint density at radius 1 is 0.377 bits per heavy atom. The average molecular weight is 680 g/mol. The van der Waals surface area contributed by atoms with E-state index in [4.69, 9.17) is 4.42 Å². The minimum atomic E-state index is -0.121. The molecule has 1 aromatic heterocycles. The lowest BCUT2D eigenvalue weighted by Crippen LogP contribution is -2.15. The Balaban J connectivity index is 1.11. The maximum Gasteiger partial charge on any atom is 0.137 e. The Kier molecular flexibility index (Phi) is 7.19. The van der Waals surface area contributed by atoms with Crippen LogP contribution < -0.4 is 4.90 Å². The molecule has 0 saturated heterocycles. The van der Waals surface area contributed by atoms with Crippen LogP contribution in [-0.4, -0.2) is 0 Å². The second-order valence-corrected chi connectivity index (χ2v) is 14.6. The zero-order chi connectivity index (χ0) is 35.5. The van der Waals surface area contributed by atoms with Crippen LogP contribution in [0.5, 0.6) is 0 Å². The van der Waals surface area contributed by atoms with Gasteiger partial charge >= 0.3 is 0 Å². The standard InChI is InChI=1S/C51H37NO/c1-51(2)46-31-29-40(32-45(46)50-42(17-11-18-47(50)51)38-14-7-4-8-15-38)52(41-28-30-44-43-16-9-10-19-48(43)53-49(44)33-41)39-26-24-37(25-27-39)36-22-20-35(21-23-36)34-12-5-3-6-13-34/h3-33H,1-2H3. The molecule has 2 nitrogen and oxygen atoms in total. The van der Waals surface area contributed by atoms with E-state index in [2.05, 4.69) is 195 Å². The number of nitrogens with zero attached hydrogens (tertiary/aromatic N) is 1. The molecule has 0 atom stereocenters. The maximum atomic E-state index is 6.42. The van der Waals surface area contributed by atoms with Crippen molar-refractivity contribution in [3.05, 3.63) is 199 Å². The van der Waals surface area contributed by atoms with E-state index in [1.165, 1.54) is 55.6 Å². The van der Waals surface area contributed by atoms with Crippen LogP contribution in [0.1, 0.15) is 25.0 Å². The van der Waals surface area contributed by atoms with Gasteiger partial charge in [-0.05, 0) is 98.1 Å². The van der Waals surface area contributed by atoms with Crippen molar-refractivity contribution in [1.82, 2.24) is 0 Å². The summed E-state index contributed by atoms with van der Waals surface area (Å²) in [6.07, 6.45) is 0. The fourth-order valence-corrected chi connectivity index (χ4v) is 8.38. The lowest BCUT2D eigenvalue weighted by molar-refractivity contribution is 0.660. The summed E-state index contributed by atoms with van der Waals surface area (Å²) in [4.78, 5) is 2.37. The molecule has 1 aliphatic carbocycles. The summed E-state index contributed by atoms with van der Waals surface area (Å²) < 4.78 is 6.42. The van der Waals surface area contributed by atoms with E-state index in [9.17, 15) is 0 Å². The van der Waals surface area contributed by atoms with Gasteiger partial charge in [0.25, 0.3) is 0 Å². The summed E-state index contributed by atoms with van der Waals surface area (Å²) in [6, 6.07) is 67.8.